The second kappa shape index (κ2) is 5.51. The molecule has 1 amide bonds. The molecule has 0 aromatic heterocycles. The largest absolute Gasteiger partial charge is 0.397 e. The van der Waals surface area contributed by atoms with Gasteiger partial charge in [0.15, 0.2) is 0 Å². The number of carbonyl (C=O) groups excluding carboxylic acids is 1. The first-order valence-electron chi connectivity index (χ1n) is 6.93. The highest BCUT2D eigenvalue weighted by molar-refractivity contribution is 5.94. The number of nitrogen functional groups attached to an aromatic ring is 1. The lowest BCUT2D eigenvalue weighted by atomic mass is 9.76. The summed E-state index contributed by atoms with van der Waals surface area (Å²) < 4.78 is 0. The molecule has 1 fully saturated rings. The van der Waals surface area contributed by atoms with Crippen LogP contribution in [-0.2, 0) is 0 Å². The van der Waals surface area contributed by atoms with Crippen molar-refractivity contribution in [1.29, 1.82) is 0 Å². The highest BCUT2D eigenvalue weighted by Gasteiger charge is 2.26. The lowest BCUT2D eigenvalue weighted by Crippen LogP contribution is -2.29. The lowest BCUT2D eigenvalue weighted by molar-refractivity contribution is 0.100. The van der Waals surface area contributed by atoms with Crippen molar-refractivity contribution in [2.45, 2.75) is 39.0 Å². The molecule has 19 heavy (non-hydrogen) atoms. The van der Waals surface area contributed by atoms with E-state index in [2.05, 4.69) is 12.2 Å². The number of anilines is 2. The van der Waals surface area contributed by atoms with E-state index in [1.807, 2.05) is 6.07 Å². The zero-order valence-corrected chi connectivity index (χ0v) is 11.5. The summed E-state index contributed by atoms with van der Waals surface area (Å²) in [4.78, 5) is 11.1. The maximum Gasteiger partial charge on any atom is 0.248 e. The van der Waals surface area contributed by atoms with Crippen LogP contribution in [0.4, 0.5) is 11.4 Å². The third-order valence-corrected chi connectivity index (χ3v) is 4.10. The van der Waals surface area contributed by atoms with Crippen LogP contribution < -0.4 is 16.8 Å². The fourth-order valence-electron chi connectivity index (χ4n) is 2.77. The number of primary amides is 1. The number of benzene rings is 1. The monoisotopic (exact) mass is 261 g/mol. The number of rotatable bonds is 4. The molecule has 0 heterocycles. The number of amides is 1. The summed E-state index contributed by atoms with van der Waals surface area (Å²) >= 11 is 0. The van der Waals surface area contributed by atoms with E-state index in [1.165, 1.54) is 32.1 Å². The van der Waals surface area contributed by atoms with Gasteiger partial charge in [-0.3, -0.25) is 4.79 Å². The molecular weight excluding hydrogens is 238 g/mol. The number of carbonyl (C=O) groups is 1. The highest BCUT2D eigenvalue weighted by atomic mass is 16.1. The molecule has 0 aliphatic heterocycles. The topological polar surface area (TPSA) is 81.1 Å². The summed E-state index contributed by atoms with van der Waals surface area (Å²) in [6.07, 6.45) is 6.51. The van der Waals surface area contributed by atoms with Crippen LogP contribution in [0.3, 0.4) is 0 Å². The van der Waals surface area contributed by atoms with Gasteiger partial charge in [0.05, 0.1) is 11.4 Å². The van der Waals surface area contributed by atoms with Gasteiger partial charge in [0.1, 0.15) is 0 Å². The minimum atomic E-state index is -0.447. The third-order valence-electron chi connectivity index (χ3n) is 4.10. The van der Waals surface area contributed by atoms with E-state index in [0.29, 0.717) is 16.7 Å². The minimum Gasteiger partial charge on any atom is -0.397 e. The molecule has 0 radical (unpaired) electrons. The molecule has 1 aromatic rings. The number of hydrogen-bond donors (Lipinski definition) is 3. The molecule has 0 spiro atoms. The van der Waals surface area contributed by atoms with Crippen molar-refractivity contribution >= 4 is 17.3 Å². The van der Waals surface area contributed by atoms with Gasteiger partial charge in [0.25, 0.3) is 0 Å². The van der Waals surface area contributed by atoms with E-state index in [-0.39, 0.29) is 0 Å². The first-order chi connectivity index (χ1) is 9.00. The first kappa shape index (κ1) is 13.7. The summed E-state index contributed by atoms with van der Waals surface area (Å²) in [5, 5.41) is 3.41. The van der Waals surface area contributed by atoms with E-state index in [0.717, 1.165) is 12.2 Å². The standard InChI is InChI=1S/C15H23N3O/c1-15(7-3-2-4-8-15)10-18-13-6-5-11(14(17)19)9-12(13)16/h5-6,9,18H,2-4,7-8,10,16H2,1H3,(H2,17,19). The van der Waals surface area contributed by atoms with Crippen molar-refractivity contribution in [2.75, 3.05) is 17.6 Å². The SMILES string of the molecule is CC1(CNc2ccc(C(N)=O)cc2N)CCCCC1. The van der Waals surface area contributed by atoms with Crippen molar-refractivity contribution < 1.29 is 4.79 Å². The molecule has 1 aliphatic rings. The van der Waals surface area contributed by atoms with Crippen LogP contribution >= 0.6 is 0 Å². The number of hydrogen-bond acceptors (Lipinski definition) is 3. The zero-order valence-electron chi connectivity index (χ0n) is 11.5. The molecule has 0 bridgehead atoms. The molecule has 0 unspecified atom stereocenters. The molecule has 4 heteroatoms. The Morgan fingerprint density at radius 3 is 2.58 bits per heavy atom. The molecular formula is C15H23N3O. The maximum atomic E-state index is 11.1. The van der Waals surface area contributed by atoms with E-state index in [4.69, 9.17) is 11.5 Å². The van der Waals surface area contributed by atoms with Crippen LogP contribution in [0.25, 0.3) is 0 Å². The van der Waals surface area contributed by atoms with E-state index in [9.17, 15) is 4.79 Å². The van der Waals surface area contributed by atoms with Crippen molar-refractivity contribution in [1.82, 2.24) is 0 Å². The summed E-state index contributed by atoms with van der Waals surface area (Å²) in [6, 6.07) is 5.18. The third kappa shape index (κ3) is 3.40. The fraction of sp³-hybridized carbons (Fsp3) is 0.533. The van der Waals surface area contributed by atoms with Gasteiger partial charge in [-0.25, -0.2) is 0 Å². The maximum absolute atomic E-state index is 11.1. The van der Waals surface area contributed by atoms with Gasteiger partial charge in [0.2, 0.25) is 5.91 Å². The number of nitrogens with one attached hydrogen (secondary N) is 1. The Labute approximate surface area is 114 Å². The van der Waals surface area contributed by atoms with Crippen molar-refractivity contribution in [3.63, 3.8) is 0 Å². The molecule has 0 saturated heterocycles. The van der Waals surface area contributed by atoms with E-state index < -0.39 is 5.91 Å². The quantitative estimate of drug-likeness (QED) is 0.729. The van der Waals surface area contributed by atoms with E-state index >= 15 is 0 Å². The summed E-state index contributed by atoms with van der Waals surface area (Å²) in [5.74, 6) is -0.447. The Hall–Kier alpha value is -1.71. The van der Waals surface area contributed by atoms with Crippen LogP contribution in [0.5, 0.6) is 0 Å². The summed E-state index contributed by atoms with van der Waals surface area (Å²) in [6.45, 7) is 3.25. The van der Waals surface area contributed by atoms with Crippen LogP contribution in [-0.4, -0.2) is 12.5 Å². The highest BCUT2D eigenvalue weighted by Crippen LogP contribution is 2.36. The van der Waals surface area contributed by atoms with Gasteiger partial charge in [-0.2, -0.15) is 0 Å². The average molecular weight is 261 g/mol. The second-order valence-electron chi connectivity index (χ2n) is 5.89. The van der Waals surface area contributed by atoms with Gasteiger partial charge in [0, 0.05) is 12.1 Å². The molecule has 104 valence electrons. The van der Waals surface area contributed by atoms with Crippen molar-refractivity contribution in [3.05, 3.63) is 23.8 Å². The Bertz CT molecular complexity index is 464. The van der Waals surface area contributed by atoms with Crippen LogP contribution in [0.15, 0.2) is 18.2 Å². The van der Waals surface area contributed by atoms with Gasteiger partial charge in [-0.05, 0) is 36.5 Å². The van der Waals surface area contributed by atoms with Crippen LogP contribution in [0.1, 0.15) is 49.4 Å². The first-order valence-corrected chi connectivity index (χ1v) is 6.93. The smallest absolute Gasteiger partial charge is 0.248 e. The fourth-order valence-corrected chi connectivity index (χ4v) is 2.77. The van der Waals surface area contributed by atoms with Crippen LogP contribution in [0.2, 0.25) is 0 Å². The summed E-state index contributed by atoms with van der Waals surface area (Å²) in [7, 11) is 0. The molecule has 1 aromatic carbocycles. The van der Waals surface area contributed by atoms with Gasteiger partial charge in [-0.15, -0.1) is 0 Å². The Morgan fingerprint density at radius 1 is 1.32 bits per heavy atom. The molecule has 0 atom stereocenters. The van der Waals surface area contributed by atoms with Gasteiger partial charge >= 0.3 is 0 Å². The van der Waals surface area contributed by atoms with Gasteiger partial charge < -0.3 is 16.8 Å². The molecule has 1 aliphatic carbocycles. The van der Waals surface area contributed by atoms with Gasteiger partial charge in [-0.1, -0.05) is 26.2 Å². The normalized spacial score (nSPS) is 17.9. The summed E-state index contributed by atoms with van der Waals surface area (Å²) in [5.41, 5.74) is 13.4. The number of nitrogens with two attached hydrogens (primary N) is 2. The molecule has 2 rings (SSSR count). The molecule has 4 nitrogen and oxygen atoms in total. The van der Waals surface area contributed by atoms with Crippen molar-refractivity contribution in [3.8, 4) is 0 Å². The Kier molecular flexibility index (Phi) is 3.98. The lowest BCUT2D eigenvalue weighted by Gasteiger charge is -2.34. The zero-order chi connectivity index (χ0) is 13.9. The van der Waals surface area contributed by atoms with E-state index in [1.54, 1.807) is 12.1 Å². The predicted molar refractivity (Wildman–Crippen MR) is 79.1 cm³/mol. The molecule has 5 N–H and O–H groups in total. The molecule has 1 saturated carbocycles. The second-order valence-corrected chi connectivity index (χ2v) is 5.89. The predicted octanol–water partition coefficient (Wildman–Crippen LogP) is 2.75. The minimum absolute atomic E-state index is 0.354. The Morgan fingerprint density at radius 2 is 2.00 bits per heavy atom. The Balaban J connectivity index is 2.01. The average Bonchev–Trinajstić information content (AvgIpc) is 2.38. The van der Waals surface area contributed by atoms with Crippen molar-refractivity contribution in [2.24, 2.45) is 11.1 Å². The van der Waals surface area contributed by atoms with Crippen LogP contribution in [0, 0.1) is 5.41 Å².